The molecule has 0 saturated carbocycles. The van der Waals surface area contributed by atoms with E-state index in [1.807, 2.05) is 30.3 Å². The van der Waals surface area contributed by atoms with Crippen molar-refractivity contribution in [1.82, 2.24) is 9.80 Å². The van der Waals surface area contributed by atoms with E-state index >= 15 is 0 Å². The van der Waals surface area contributed by atoms with Gasteiger partial charge < -0.3 is 10.2 Å². The molecule has 0 aliphatic carbocycles. The van der Waals surface area contributed by atoms with Crippen molar-refractivity contribution in [3.8, 4) is 0 Å². The normalized spacial score (nSPS) is 15.3. The van der Waals surface area contributed by atoms with Gasteiger partial charge in [-0.2, -0.15) is 0 Å². The Kier molecular flexibility index (Phi) is 5.37. The third-order valence-electron chi connectivity index (χ3n) is 4.11. The van der Waals surface area contributed by atoms with Gasteiger partial charge in [-0.3, -0.25) is 4.90 Å². The number of nitrogens with one attached hydrogen (secondary N) is 1. The molecule has 0 spiro atoms. The molecule has 0 amide bonds. The first-order chi connectivity index (χ1) is 11.6. The highest BCUT2D eigenvalue weighted by Crippen LogP contribution is 2.15. The molecule has 0 aromatic heterocycles. The van der Waals surface area contributed by atoms with Crippen LogP contribution in [-0.2, 0) is 6.54 Å². The van der Waals surface area contributed by atoms with Gasteiger partial charge in [-0.1, -0.05) is 30.3 Å². The summed E-state index contributed by atoms with van der Waals surface area (Å²) in [5, 5.41) is 3.91. The number of piperazine rings is 1. The second kappa shape index (κ2) is 7.68. The van der Waals surface area contributed by atoms with Crippen LogP contribution >= 0.6 is 12.2 Å². The van der Waals surface area contributed by atoms with Crippen LogP contribution in [0.3, 0.4) is 0 Å². The number of halogens is 2. The lowest BCUT2D eigenvalue weighted by Crippen LogP contribution is -2.49. The van der Waals surface area contributed by atoms with Crippen LogP contribution < -0.4 is 5.32 Å². The second-order valence-corrected chi connectivity index (χ2v) is 6.16. The van der Waals surface area contributed by atoms with Crippen molar-refractivity contribution < 1.29 is 8.78 Å². The number of rotatable bonds is 3. The molecular weight excluding hydrogens is 328 g/mol. The summed E-state index contributed by atoms with van der Waals surface area (Å²) >= 11 is 5.45. The summed E-state index contributed by atoms with van der Waals surface area (Å²) in [5.41, 5.74) is 1.36. The van der Waals surface area contributed by atoms with E-state index in [0.717, 1.165) is 37.9 Å². The first-order valence-electron chi connectivity index (χ1n) is 7.90. The van der Waals surface area contributed by atoms with Crippen molar-refractivity contribution in [3.05, 3.63) is 65.7 Å². The molecule has 2 aromatic carbocycles. The zero-order valence-electron chi connectivity index (χ0n) is 13.2. The van der Waals surface area contributed by atoms with E-state index in [9.17, 15) is 8.78 Å². The summed E-state index contributed by atoms with van der Waals surface area (Å²) < 4.78 is 27.0. The fraction of sp³-hybridized carbons (Fsp3) is 0.278. The molecule has 1 saturated heterocycles. The van der Waals surface area contributed by atoms with Crippen LogP contribution in [0.1, 0.15) is 5.56 Å². The Morgan fingerprint density at radius 2 is 1.67 bits per heavy atom. The van der Waals surface area contributed by atoms with Crippen molar-refractivity contribution in [2.24, 2.45) is 0 Å². The summed E-state index contributed by atoms with van der Waals surface area (Å²) in [6.45, 7) is 3.45. The minimum absolute atomic E-state index is 0.397. The van der Waals surface area contributed by atoms with Crippen molar-refractivity contribution >= 4 is 23.0 Å². The maximum absolute atomic E-state index is 13.8. The number of hydrogen-bond acceptors (Lipinski definition) is 2. The molecule has 24 heavy (non-hydrogen) atoms. The topological polar surface area (TPSA) is 18.5 Å². The van der Waals surface area contributed by atoms with Crippen molar-refractivity contribution in [2.75, 3.05) is 31.5 Å². The minimum atomic E-state index is -0.792. The van der Waals surface area contributed by atoms with Crippen molar-refractivity contribution in [3.63, 3.8) is 0 Å². The van der Waals surface area contributed by atoms with Gasteiger partial charge in [0.25, 0.3) is 0 Å². The highest BCUT2D eigenvalue weighted by atomic mass is 32.1. The van der Waals surface area contributed by atoms with Gasteiger partial charge in [0.1, 0.15) is 0 Å². The van der Waals surface area contributed by atoms with Gasteiger partial charge in [-0.05, 0) is 30.4 Å². The zero-order valence-corrected chi connectivity index (χ0v) is 14.0. The lowest BCUT2D eigenvalue weighted by molar-refractivity contribution is 0.175. The number of thiocarbonyl (C=S) groups is 1. The van der Waals surface area contributed by atoms with E-state index in [1.54, 1.807) is 12.1 Å². The Morgan fingerprint density at radius 1 is 0.958 bits per heavy atom. The fourth-order valence-corrected chi connectivity index (χ4v) is 3.04. The summed E-state index contributed by atoms with van der Waals surface area (Å²) in [4.78, 5) is 4.21. The SMILES string of the molecule is Fc1cccc(CN2CCN(C(=S)Nc3ccccc3)CC2)c1F. The van der Waals surface area contributed by atoms with Crippen molar-refractivity contribution in [1.29, 1.82) is 0 Å². The molecule has 126 valence electrons. The summed E-state index contributed by atoms with van der Waals surface area (Å²) in [6.07, 6.45) is 0. The highest BCUT2D eigenvalue weighted by Gasteiger charge is 2.20. The molecule has 1 fully saturated rings. The van der Waals surface area contributed by atoms with Crippen molar-refractivity contribution in [2.45, 2.75) is 6.54 Å². The van der Waals surface area contributed by atoms with E-state index in [1.165, 1.54) is 0 Å². The van der Waals surface area contributed by atoms with Gasteiger partial charge in [0, 0.05) is 44.0 Å². The molecule has 1 N–H and O–H groups in total. The molecule has 0 bridgehead atoms. The van der Waals surface area contributed by atoms with E-state index in [2.05, 4.69) is 15.1 Å². The lowest BCUT2D eigenvalue weighted by atomic mass is 10.2. The first kappa shape index (κ1) is 16.8. The number of hydrogen-bond donors (Lipinski definition) is 1. The van der Waals surface area contributed by atoms with E-state index < -0.39 is 11.6 Å². The van der Waals surface area contributed by atoms with Crippen LogP contribution in [0.15, 0.2) is 48.5 Å². The van der Waals surface area contributed by atoms with Crippen LogP contribution in [-0.4, -0.2) is 41.1 Å². The maximum atomic E-state index is 13.8. The molecule has 1 aliphatic heterocycles. The van der Waals surface area contributed by atoms with E-state index in [-0.39, 0.29) is 0 Å². The zero-order chi connectivity index (χ0) is 16.9. The molecule has 2 aromatic rings. The van der Waals surface area contributed by atoms with Crippen LogP contribution in [0, 0.1) is 11.6 Å². The third kappa shape index (κ3) is 4.07. The number of para-hydroxylation sites is 1. The Morgan fingerprint density at radius 3 is 2.38 bits per heavy atom. The van der Waals surface area contributed by atoms with Gasteiger partial charge >= 0.3 is 0 Å². The Balaban J connectivity index is 1.52. The molecular formula is C18H19F2N3S. The van der Waals surface area contributed by atoms with Gasteiger partial charge in [0.2, 0.25) is 0 Å². The van der Waals surface area contributed by atoms with E-state index in [0.29, 0.717) is 17.2 Å². The largest absolute Gasteiger partial charge is 0.346 e. The minimum Gasteiger partial charge on any atom is -0.346 e. The molecule has 1 heterocycles. The Bertz CT molecular complexity index is 701. The van der Waals surface area contributed by atoms with Crippen LogP contribution in [0.4, 0.5) is 14.5 Å². The maximum Gasteiger partial charge on any atom is 0.173 e. The van der Waals surface area contributed by atoms with Gasteiger partial charge in [0.15, 0.2) is 16.7 Å². The molecule has 3 nitrogen and oxygen atoms in total. The molecule has 3 rings (SSSR count). The van der Waals surface area contributed by atoms with Crippen LogP contribution in [0.5, 0.6) is 0 Å². The molecule has 0 unspecified atom stereocenters. The standard InChI is InChI=1S/C18H19F2N3S/c19-16-8-4-5-14(17(16)20)13-22-9-11-23(12-10-22)18(24)21-15-6-2-1-3-7-15/h1-8H,9-13H2,(H,21,24). The molecule has 6 heteroatoms. The molecule has 0 atom stereocenters. The predicted octanol–water partition coefficient (Wildman–Crippen LogP) is 3.48. The summed E-state index contributed by atoms with van der Waals surface area (Å²) in [6, 6.07) is 14.1. The third-order valence-corrected chi connectivity index (χ3v) is 4.47. The molecule has 0 radical (unpaired) electrons. The van der Waals surface area contributed by atoms with Crippen LogP contribution in [0.2, 0.25) is 0 Å². The first-order valence-corrected chi connectivity index (χ1v) is 8.30. The number of anilines is 1. The van der Waals surface area contributed by atoms with Gasteiger partial charge in [-0.15, -0.1) is 0 Å². The highest BCUT2D eigenvalue weighted by molar-refractivity contribution is 7.80. The Labute approximate surface area is 145 Å². The van der Waals surface area contributed by atoms with Gasteiger partial charge in [0.05, 0.1) is 0 Å². The lowest BCUT2D eigenvalue weighted by Gasteiger charge is -2.36. The fourth-order valence-electron chi connectivity index (χ4n) is 2.74. The average Bonchev–Trinajstić information content (AvgIpc) is 2.60. The predicted molar refractivity (Wildman–Crippen MR) is 95.9 cm³/mol. The quantitative estimate of drug-likeness (QED) is 0.857. The monoisotopic (exact) mass is 347 g/mol. The second-order valence-electron chi connectivity index (χ2n) is 5.77. The smallest absolute Gasteiger partial charge is 0.173 e. The van der Waals surface area contributed by atoms with E-state index in [4.69, 9.17) is 12.2 Å². The Hall–Kier alpha value is -2.05. The molecule has 1 aliphatic rings. The number of nitrogens with zero attached hydrogens (tertiary/aromatic N) is 2. The average molecular weight is 347 g/mol. The number of benzene rings is 2. The van der Waals surface area contributed by atoms with Gasteiger partial charge in [-0.25, -0.2) is 8.78 Å². The summed E-state index contributed by atoms with van der Waals surface area (Å²) in [5.74, 6) is -1.54. The van der Waals surface area contributed by atoms with Crippen LogP contribution in [0.25, 0.3) is 0 Å². The summed E-state index contributed by atoms with van der Waals surface area (Å²) in [7, 11) is 0.